The number of hydrogen-bond donors (Lipinski definition) is 1. The molecule has 1 heterocycles. The van der Waals surface area contributed by atoms with Crippen LogP contribution in [0.25, 0.3) is 0 Å². The van der Waals surface area contributed by atoms with Gasteiger partial charge in [-0.2, -0.15) is 8.75 Å². The van der Waals surface area contributed by atoms with E-state index in [2.05, 4.69) is 14.1 Å². The fraction of sp³-hybridized carbons (Fsp3) is 0.360. The molecule has 2 aromatic carbocycles. The Balaban J connectivity index is 1.74. The van der Waals surface area contributed by atoms with E-state index in [1.54, 1.807) is 24.3 Å². The van der Waals surface area contributed by atoms with Crippen molar-refractivity contribution < 1.29 is 14.3 Å². The van der Waals surface area contributed by atoms with Crippen LogP contribution in [0, 0.1) is 0 Å². The van der Waals surface area contributed by atoms with Crippen LogP contribution in [-0.4, -0.2) is 33.2 Å². The van der Waals surface area contributed by atoms with Crippen molar-refractivity contribution in [2.45, 2.75) is 51.1 Å². The first-order valence-electron chi connectivity index (χ1n) is 11.4. The van der Waals surface area contributed by atoms with Crippen molar-refractivity contribution in [1.82, 2.24) is 14.1 Å². The smallest absolute Gasteiger partial charge is 0.280 e. The quantitative estimate of drug-likeness (QED) is 0.519. The maximum Gasteiger partial charge on any atom is 0.280 e. The minimum Gasteiger partial charge on any atom is -0.494 e. The number of amides is 2. The van der Waals surface area contributed by atoms with Crippen molar-refractivity contribution in [1.29, 1.82) is 0 Å². The van der Waals surface area contributed by atoms with Gasteiger partial charge in [-0.15, -0.1) is 0 Å². The van der Waals surface area contributed by atoms with Gasteiger partial charge in [0.25, 0.3) is 5.91 Å². The lowest BCUT2D eigenvalue weighted by atomic mass is 9.94. The van der Waals surface area contributed by atoms with Gasteiger partial charge in [-0.1, -0.05) is 49.6 Å². The predicted molar refractivity (Wildman–Crippen MR) is 129 cm³/mol. The normalized spacial score (nSPS) is 14.9. The third-order valence-electron chi connectivity index (χ3n) is 5.80. The van der Waals surface area contributed by atoms with Gasteiger partial charge >= 0.3 is 0 Å². The molecule has 8 heteroatoms. The Bertz CT molecular complexity index is 1040. The highest BCUT2D eigenvalue weighted by atomic mass is 32.1. The Morgan fingerprint density at radius 3 is 2.45 bits per heavy atom. The first-order valence-corrected chi connectivity index (χ1v) is 12.1. The SMILES string of the molecule is CCOc1ccc(N(C(=O)c2cnsn2)C(C(=O)NC2CCCCC2)c2ccccc2)cc1. The van der Waals surface area contributed by atoms with E-state index in [0.29, 0.717) is 18.0 Å². The third-order valence-corrected chi connectivity index (χ3v) is 6.28. The van der Waals surface area contributed by atoms with Crippen molar-refractivity contribution in [3.8, 4) is 5.75 Å². The summed E-state index contributed by atoms with van der Waals surface area (Å²) in [4.78, 5) is 28.9. The molecule has 1 N–H and O–H groups in total. The number of hydrogen-bond acceptors (Lipinski definition) is 6. The van der Waals surface area contributed by atoms with E-state index in [9.17, 15) is 9.59 Å². The average molecular weight is 465 g/mol. The summed E-state index contributed by atoms with van der Waals surface area (Å²) < 4.78 is 13.7. The summed E-state index contributed by atoms with van der Waals surface area (Å²) >= 11 is 0.966. The standard InChI is InChI=1S/C25H28N4O3S/c1-2-32-21-15-13-20(14-16-21)29(25(31)22-17-26-33-28-22)23(18-9-5-3-6-10-18)24(30)27-19-11-7-4-8-12-19/h3,5-6,9-10,13-17,19,23H,2,4,7-8,11-12H2,1H3,(H,27,30). The molecule has 2 amide bonds. The molecule has 0 spiro atoms. The monoisotopic (exact) mass is 464 g/mol. The van der Waals surface area contributed by atoms with E-state index in [1.165, 1.54) is 17.5 Å². The number of nitrogens with zero attached hydrogens (tertiary/aromatic N) is 3. The van der Waals surface area contributed by atoms with Gasteiger partial charge in [0.2, 0.25) is 5.91 Å². The number of nitrogens with one attached hydrogen (secondary N) is 1. The number of ether oxygens (including phenoxy) is 1. The van der Waals surface area contributed by atoms with Crippen molar-refractivity contribution in [3.63, 3.8) is 0 Å². The molecule has 1 atom stereocenters. The van der Waals surface area contributed by atoms with Crippen molar-refractivity contribution in [2.75, 3.05) is 11.5 Å². The third kappa shape index (κ3) is 5.57. The van der Waals surface area contributed by atoms with Crippen LogP contribution in [0.2, 0.25) is 0 Å². The molecule has 1 aliphatic carbocycles. The lowest BCUT2D eigenvalue weighted by molar-refractivity contribution is -0.123. The van der Waals surface area contributed by atoms with E-state index in [0.717, 1.165) is 43.0 Å². The summed E-state index contributed by atoms with van der Waals surface area (Å²) in [6.07, 6.45) is 6.76. The second kappa shape index (κ2) is 11.0. The first kappa shape index (κ1) is 22.9. The van der Waals surface area contributed by atoms with Crippen molar-refractivity contribution in [3.05, 3.63) is 72.1 Å². The Morgan fingerprint density at radius 1 is 1.09 bits per heavy atom. The summed E-state index contributed by atoms with van der Waals surface area (Å²) in [6, 6.07) is 15.9. The molecule has 7 nitrogen and oxygen atoms in total. The minimum atomic E-state index is -0.847. The second-order valence-corrected chi connectivity index (χ2v) is 8.61. The molecule has 1 saturated carbocycles. The van der Waals surface area contributed by atoms with Gasteiger partial charge in [0, 0.05) is 11.7 Å². The zero-order chi connectivity index (χ0) is 23.0. The molecule has 0 bridgehead atoms. The van der Waals surface area contributed by atoms with Crippen LogP contribution in [0.15, 0.2) is 60.8 Å². The topological polar surface area (TPSA) is 84.4 Å². The number of benzene rings is 2. The highest BCUT2D eigenvalue weighted by Gasteiger charge is 2.35. The van der Waals surface area contributed by atoms with E-state index in [1.807, 2.05) is 37.3 Å². The molecule has 1 fully saturated rings. The van der Waals surface area contributed by atoms with Crippen LogP contribution in [0.3, 0.4) is 0 Å². The van der Waals surface area contributed by atoms with Crippen LogP contribution < -0.4 is 15.0 Å². The fourth-order valence-electron chi connectivity index (χ4n) is 4.22. The van der Waals surface area contributed by atoms with Gasteiger partial charge < -0.3 is 10.1 Å². The summed E-state index contributed by atoms with van der Waals surface area (Å²) in [5.41, 5.74) is 1.53. The number of rotatable bonds is 8. The van der Waals surface area contributed by atoms with Gasteiger partial charge in [-0.3, -0.25) is 14.5 Å². The second-order valence-electron chi connectivity index (χ2n) is 8.05. The molecular formula is C25H28N4O3S. The molecule has 0 saturated heterocycles. The molecule has 1 aliphatic rings. The van der Waals surface area contributed by atoms with Crippen LogP contribution in [-0.2, 0) is 4.79 Å². The Morgan fingerprint density at radius 2 is 1.82 bits per heavy atom. The molecule has 1 aromatic heterocycles. The highest BCUT2D eigenvalue weighted by molar-refractivity contribution is 6.99. The summed E-state index contributed by atoms with van der Waals surface area (Å²) in [7, 11) is 0. The van der Waals surface area contributed by atoms with Gasteiger partial charge in [0.05, 0.1) is 24.5 Å². The maximum atomic E-state index is 13.7. The molecule has 0 radical (unpaired) electrons. The molecule has 4 rings (SSSR count). The molecule has 33 heavy (non-hydrogen) atoms. The van der Waals surface area contributed by atoms with Crippen molar-refractivity contribution >= 4 is 29.2 Å². The minimum absolute atomic E-state index is 0.121. The van der Waals surface area contributed by atoms with E-state index in [4.69, 9.17) is 4.74 Å². The van der Waals surface area contributed by atoms with E-state index in [-0.39, 0.29) is 23.6 Å². The Hall–Kier alpha value is -3.26. The highest BCUT2D eigenvalue weighted by Crippen LogP contribution is 2.31. The molecule has 1 unspecified atom stereocenters. The molecular weight excluding hydrogens is 436 g/mol. The van der Waals surface area contributed by atoms with Crippen LogP contribution in [0.1, 0.15) is 61.1 Å². The van der Waals surface area contributed by atoms with Crippen LogP contribution in [0.4, 0.5) is 5.69 Å². The number of carbonyl (C=O) groups is 2. The maximum absolute atomic E-state index is 13.7. The fourth-order valence-corrected chi connectivity index (χ4v) is 4.62. The lowest BCUT2D eigenvalue weighted by Gasteiger charge is -2.33. The van der Waals surface area contributed by atoms with Gasteiger partial charge in [-0.25, -0.2) is 0 Å². The van der Waals surface area contributed by atoms with Crippen LogP contribution in [0.5, 0.6) is 5.75 Å². The Labute approximate surface area is 198 Å². The van der Waals surface area contributed by atoms with Crippen LogP contribution >= 0.6 is 11.7 Å². The molecule has 172 valence electrons. The lowest BCUT2D eigenvalue weighted by Crippen LogP contribution is -2.47. The molecule has 0 aliphatic heterocycles. The zero-order valence-electron chi connectivity index (χ0n) is 18.6. The number of anilines is 1. The van der Waals surface area contributed by atoms with E-state index < -0.39 is 6.04 Å². The predicted octanol–water partition coefficient (Wildman–Crippen LogP) is 4.77. The number of carbonyl (C=O) groups excluding carboxylic acids is 2. The number of aromatic nitrogens is 2. The van der Waals surface area contributed by atoms with Gasteiger partial charge in [-0.05, 0) is 49.6 Å². The van der Waals surface area contributed by atoms with E-state index >= 15 is 0 Å². The summed E-state index contributed by atoms with van der Waals surface area (Å²) in [5, 5.41) is 3.21. The van der Waals surface area contributed by atoms with Gasteiger partial charge in [0.1, 0.15) is 11.8 Å². The summed E-state index contributed by atoms with van der Waals surface area (Å²) in [5.74, 6) is 0.131. The average Bonchev–Trinajstić information content (AvgIpc) is 3.39. The first-order chi connectivity index (χ1) is 16.2. The van der Waals surface area contributed by atoms with Gasteiger partial charge in [0.15, 0.2) is 5.69 Å². The zero-order valence-corrected chi connectivity index (χ0v) is 19.5. The molecule has 3 aromatic rings. The van der Waals surface area contributed by atoms with Crippen molar-refractivity contribution in [2.24, 2.45) is 0 Å². The largest absolute Gasteiger partial charge is 0.494 e. The summed E-state index contributed by atoms with van der Waals surface area (Å²) in [6.45, 7) is 2.46. The Kier molecular flexibility index (Phi) is 7.67.